The van der Waals surface area contributed by atoms with Crippen LogP contribution in [0.3, 0.4) is 0 Å². The molecule has 0 aliphatic rings. The van der Waals surface area contributed by atoms with Gasteiger partial charge in [0.2, 0.25) is 0 Å². The maximum Gasteiger partial charge on any atom is 0.0667 e. The van der Waals surface area contributed by atoms with Crippen LogP contribution in [0.4, 0.5) is 5.69 Å². The van der Waals surface area contributed by atoms with E-state index in [9.17, 15) is 0 Å². The van der Waals surface area contributed by atoms with Crippen molar-refractivity contribution in [3.05, 3.63) is 35.4 Å². The van der Waals surface area contributed by atoms with Gasteiger partial charge in [0.1, 0.15) is 0 Å². The SMILES string of the molecule is CC.Nc1ccc(C=C(CO)CO)cc1. The van der Waals surface area contributed by atoms with Crippen LogP contribution in [-0.2, 0) is 0 Å². The van der Waals surface area contributed by atoms with Crippen molar-refractivity contribution < 1.29 is 10.2 Å². The van der Waals surface area contributed by atoms with Crippen molar-refractivity contribution in [1.82, 2.24) is 0 Å². The molecule has 0 atom stereocenters. The van der Waals surface area contributed by atoms with Gasteiger partial charge in [-0.25, -0.2) is 0 Å². The van der Waals surface area contributed by atoms with Crippen LogP contribution >= 0.6 is 0 Å². The van der Waals surface area contributed by atoms with Gasteiger partial charge in [0, 0.05) is 5.69 Å². The van der Waals surface area contributed by atoms with E-state index in [1.165, 1.54) is 0 Å². The third kappa shape index (κ3) is 5.20. The van der Waals surface area contributed by atoms with Crippen molar-refractivity contribution in [2.75, 3.05) is 18.9 Å². The lowest BCUT2D eigenvalue weighted by molar-refractivity contribution is 0.278. The molecule has 0 aliphatic carbocycles. The van der Waals surface area contributed by atoms with Gasteiger partial charge in [-0.3, -0.25) is 0 Å². The Morgan fingerprint density at radius 3 is 2.00 bits per heavy atom. The number of aliphatic hydroxyl groups excluding tert-OH is 2. The highest BCUT2D eigenvalue weighted by molar-refractivity contribution is 5.56. The fourth-order valence-electron chi connectivity index (χ4n) is 0.969. The summed E-state index contributed by atoms with van der Waals surface area (Å²) in [5.41, 5.74) is 7.71. The fourth-order valence-corrected chi connectivity index (χ4v) is 0.969. The number of anilines is 1. The highest BCUT2D eigenvalue weighted by Gasteiger charge is 1.93. The van der Waals surface area contributed by atoms with E-state index >= 15 is 0 Å². The second-order valence-electron chi connectivity index (χ2n) is 2.79. The van der Waals surface area contributed by atoms with E-state index in [1.54, 1.807) is 18.2 Å². The first-order valence-electron chi connectivity index (χ1n) is 5.03. The first kappa shape index (κ1) is 13.7. The molecule has 0 amide bonds. The van der Waals surface area contributed by atoms with E-state index < -0.39 is 0 Å². The predicted octanol–water partition coefficient (Wildman–Crippen LogP) is 1.66. The predicted molar refractivity (Wildman–Crippen MR) is 64.4 cm³/mol. The minimum absolute atomic E-state index is 0.124. The summed E-state index contributed by atoms with van der Waals surface area (Å²) in [5.74, 6) is 0. The summed E-state index contributed by atoms with van der Waals surface area (Å²) in [6.07, 6.45) is 1.74. The van der Waals surface area contributed by atoms with Crippen LogP contribution < -0.4 is 5.73 Å². The molecule has 1 aromatic rings. The van der Waals surface area contributed by atoms with Crippen molar-refractivity contribution in [3.63, 3.8) is 0 Å². The molecule has 0 unspecified atom stereocenters. The van der Waals surface area contributed by atoms with Crippen molar-refractivity contribution in [3.8, 4) is 0 Å². The Balaban J connectivity index is 0.000000921. The molecule has 0 bridgehead atoms. The van der Waals surface area contributed by atoms with Gasteiger partial charge in [0.25, 0.3) is 0 Å². The van der Waals surface area contributed by atoms with Gasteiger partial charge < -0.3 is 15.9 Å². The van der Waals surface area contributed by atoms with Crippen LogP contribution in [0.1, 0.15) is 19.4 Å². The molecule has 3 nitrogen and oxygen atoms in total. The average Bonchev–Trinajstić information content (AvgIpc) is 2.31. The van der Waals surface area contributed by atoms with Crippen LogP contribution in [-0.4, -0.2) is 23.4 Å². The van der Waals surface area contributed by atoms with E-state index in [0.29, 0.717) is 11.3 Å². The van der Waals surface area contributed by atoms with E-state index in [2.05, 4.69) is 0 Å². The summed E-state index contributed by atoms with van der Waals surface area (Å²) in [4.78, 5) is 0. The quantitative estimate of drug-likeness (QED) is 0.663. The maximum absolute atomic E-state index is 8.79. The molecule has 3 heteroatoms. The topological polar surface area (TPSA) is 66.5 Å². The maximum atomic E-state index is 8.79. The molecular formula is C12H19NO2. The first-order valence-corrected chi connectivity index (χ1v) is 5.03. The summed E-state index contributed by atoms with van der Waals surface area (Å²) < 4.78 is 0. The Morgan fingerprint density at radius 2 is 1.60 bits per heavy atom. The van der Waals surface area contributed by atoms with Crippen LogP contribution in [0.5, 0.6) is 0 Å². The number of benzene rings is 1. The summed E-state index contributed by atoms with van der Waals surface area (Å²) in [5, 5.41) is 17.6. The second kappa shape index (κ2) is 8.03. The molecule has 0 saturated carbocycles. The third-order valence-corrected chi connectivity index (χ3v) is 1.71. The number of hydrogen-bond donors (Lipinski definition) is 3. The molecular weight excluding hydrogens is 190 g/mol. The van der Waals surface area contributed by atoms with Gasteiger partial charge in [0.05, 0.1) is 13.2 Å². The van der Waals surface area contributed by atoms with Gasteiger partial charge in [-0.1, -0.05) is 32.1 Å². The molecule has 84 valence electrons. The van der Waals surface area contributed by atoms with Gasteiger partial charge in [0.15, 0.2) is 0 Å². The molecule has 0 spiro atoms. The Hall–Kier alpha value is -1.32. The normalized spacial score (nSPS) is 8.80. The lowest BCUT2D eigenvalue weighted by atomic mass is 10.1. The van der Waals surface area contributed by atoms with Crippen LogP contribution in [0.15, 0.2) is 29.8 Å². The highest BCUT2D eigenvalue weighted by Crippen LogP contribution is 2.09. The third-order valence-electron chi connectivity index (χ3n) is 1.71. The standard InChI is InChI=1S/C10H13NO2.C2H6/c11-10-3-1-8(2-4-10)5-9(6-12)7-13;1-2/h1-5,12-13H,6-7,11H2;1-2H3. The van der Waals surface area contributed by atoms with E-state index in [0.717, 1.165) is 5.56 Å². The number of aliphatic hydroxyl groups is 2. The minimum Gasteiger partial charge on any atom is -0.399 e. The van der Waals surface area contributed by atoms with Crippen molar-refractivity contribution in [2.24, 2.45) is 0 Å². The number of hydrogen-bond acceptors (Lipinski definition) is 3. The number of nitrogens with two attached hydrogens (primary N) is 1. The zero-order valence-corrected chi connectivity index (χ0v) is 9.27. The van der Waals surface area contributed by atoms with Gasteiger partial charge >= 0.3 is 0 Å². The van der Waals surface area contributed by atoms with Crippen LogP contribution in [0, 0.1) is 0 Å². The molecule has 1 aromatic carbocycles. The molecule has 1 rings (SSSR count). The van der Waals surface area contributed by atoms with Crippen molar-refractivity contribution in [2.45, 2.75) is 13.8 Å². The zero-order chi connectivity index (χ0) is 11.7. The van der Waals surface area contributed by atoms with Crippen molar-refractivity contribution >= 4 is 11.8 Å². The smallest absolute Gasteiger partial charge is 0.0667 e. The summed E-state index contributed by atoms with van der Waals surface area (Å²) in [7, 11) is 0. The number of nitrogen functional groups attached to an aromatic ring is 1. The first-order chi connectivity index (χ1) is 7.26. The van der Waals surface area contributed by atoms with Crippen LogP contribution in [0.2, 0.25) is 0 Å². The molecule has 0 aliphatic heterocycles. The van der Waals surface area contributed by atoms with Gasteiger partial charge in [-0.05, 0) is 23.3 Å². The lowest BCUT2D eigenvalue weighted by Gasteiger charge is -1.99. The Kier molecular flexibility index (Phi) is 7.32. The minimum atomic E-state index is -0.124. The summed E-state index contributed by atoms with van der Waals surface area (Å²) >= 11 is 0. The van der Waals surface area contributed by atoms with Crippen LogP contribution in [0.25, 0.3) is 6.08 Å². The molecule has 15 heavy (non-hydrogen) atoms. The fraction of sp³-hybridized carbons (Fsp3) is 0.333. The van der Waals surface area contributed by atoms with E-state index in [-0.39, 0.29) is 13.2 Å². The highest BCUT2D eigenvalue weighted by atomic mass is 16.3. The van der Waals surface area contributed by atoms with Gasteiger partial charge in [-0.2, -0.15) is 0 Å². The number of rotatable bonds is 3. The Labute approximate surface area is 90.9 Å². The van der Waals surface area contributed by atoms with E-state index in [4.69, 9.17) is 15.9 Å². The monoisotopic (exact) mass is 209 g/mol. The molecule has 0 heterocycles. The molecule has 0 fully saturated rings. The molecule has 4 N–H and O–H groups in total. The largest absolute Gasteiger partial charge is 0.399 e. The van der Waals surface area contributed by atoms with Gasteiger partial charge in [-0.15, -0.1) is 0 Å². The average molecular weight is 209 g/mol. The lowest BCUT2D eigenvalue weighted by Crippen LogP contribution is -1.95. The Morgan fingerprint density at radius 1 is 1.13 bits per heavy atom. The zero-order valence-electron chi connectivity index (χ0n) is 9.27. The molecule has 0 saturated heterocycles. The summed E-state index contributed by atoms with van der Waals surface area (Å²) in [6.45, 7) is 3.75. The molecule has 0 aromatic heterocycles. The second-order valence-corrected chi connectivity index (χ2v) is 2.79. The summed E-state index contributed by atoms with van der Waals surface area (Å²) in [6, 6.07) is 7.22. The van der Waals surface area contributed by atoms with Crippen molar-refractivity contribution in [1.29, 1.82) is 0 Å². The molecule has 0 radical (unpaired) electrons. The Bertz CT molecular complexity index is 285. The van der Waals surface area contributed by atoms with E-state index in [1.807, 2.05) is 26.0 Å².